The number of rotatable bonds is 7. The first kappa shape index (κ1) is 15.6. The Hall–Kier alpha value is -2.83. The molecule has 7 nitrogen and oxygen atoms in total. The summed E-state index contributed by atoms with van der Waals surface area (Å²) in [7, 11) is 0. The molecule has 0 aliphatic heterocycles. The number of benzene rings is 1. The fourth-order valence-electron chi connectivity index (χ4n) is 1.99. The van der Waals surface area contributed by atoms with E-state index in [2.05, 4.69) is 10.4 Å². The number of amides is 2. The lowest BCUT2D eigenvalue weighted by Crippen LogP contribution is -2.15. The Kier molecular flexibility index (Phi) is 5.13. The van der Waals surface area contributed by atoms with Gasteiger partial charge in [-0.15, -0.1) is 0 Å². The minimum Gasteiger partial charge on any atom is -0.399 e. The Morgan fingerprint density at radius 3 is 2.68 bits per heavy atom. The van der Waals surface area contributed by atoms with Crippen LogP contribution in [0.4, 0.5) is 11.5 Å². The predicted molar refractivity (Wildman–Crippen MR) is 83.8 cm³/mol. The number of carbonyl (C=O) groups excluding carboxylic acids is 2. The van der Waals surface area contributed by atoms with Gasteiger partial charge in [-0.2, -0.15) is 5.10 Å². The highest BCUT2D eigenvalue weighted by Crippen LogP contribution is 2.13. The molecule has 0 fully saturated rings. The van der Waals surface area contributed by atoms with Gasteiger partial charge in [0.05, 0.1) is 0 Å². The average Bonchev–Trinajstić information content (AvgIpc) is 2.92. The normalized spacial score (nSPS) is 10.4. The van der Waals surface area contributed by atoms with E-state index in [1.165, 1.54) is 0 Å². The summed E-state index contributed by atoms with van der Waals surface area (Å²) < 4.78 is 1.57. The third-order valence-corrected chi connectivity index (χ3v) is 3.17. The van der Waals surface area contributed by atoms with Crippen LogP contribution in [-0.2, 0) is 22.6 Å². The highest BCUT2D eigenvalue weighted by molar-refractivity contribution is 5.89. The number of nitrogens with two attached hydrogens (primary N) is 2. The van der Waals surface area contributed by atoms with Crippen molar-refractivity contribution in [2.45, 2.75) is 25.8 Å². The van der Waals surface area contributed by atoms with Gasteiger partial charge in [-0.05, 0) is 18.1 Å². The molecule has 0 spiro atoms. The molecule has 7 heteroatoms. The van der Waals surface area contributed by atoms with E-state index in [9.17, 15) is 9.59 Å². The molecule has 0 bridgehead atoms. The van der Waals surface area contributed by atoms with E-state index in [-0.39, 0.29) is 18.2 Å². The van der Waals surface area contributed by atoms with Crippen molar-refractivity contribution in [3.63, 3.8) is 0 Å². The third-order valence-electron chi connectivity index (χ3n) is 3.17. The molecule has 0 saturated heterocycles. The quantitative estimate of drug-likeness (QED) is 0.659. The van der Waals surface area contributed by atoms with Gasteiger partial charge in [0.15, 0.2) is 5.82 Å². The lowest BCUT2D eigenvalue weighted by atomic mass is 10.1. The molecule has 0 saturated carbocycles. The number of hydrogen-bond donors (Lipinski definition) is 3. The van der Waals surface area contributed by atoms with Gasteiger partial charge in [-0.1, -0.05) is 18.2 Å². The zero-order valence-corrected chi connectivity index (χ0v) is 12.2. The van der Waals surface area contributed by atoms with Crippen molar-refractivity contribution >= 4 is 23.3 Å². The SMILES string of the molecule is NC(=O)CCn1ccc(NC(=O)CCc2ccccc2N)n1. The van der Waals surface area contributed by atoms with Crippen LogP contribution < -0.4 is 16.8 Å². The molecule has 1 heterocycles. The highest BCUT2D eigenvalue weighted by Gasteiger charge is 2.07. The van der Waals surface area contributed by atoms with E-state index >= 15 is 0 Å². The van der Waals surface area contributed by atoms with E-state index in [0.29, 0.717) is 30.9 Å². The Labute approximate surface area is 128 Å². The van der Waals surface area contributed by atoms with E-state index in [4.69, 9.17) is 11.5 Å². The highest BCUT2D eigenvalue weighted by atomic mass is 16.2. The summed E-state index contributed by atoms with van der Waals surface area (Å²) in [6.07, 6.45) is 2.79. The van der Waals surface area contributed by atoms with Crippen LogP contribution in [0, 0.1) is 0 Å². The zero-order chi connectivity index (χ0) is 15.9. The van der Waals surface area contributed by atoms with Crippen molar-refractivity contribution in [3.05, 3.63) is 42.1 Å². The number of aryl methyl sites for hydroxylation is 2. The molecule has 116 valence electrons. The molecule has 5 N–H and O–H groups in total. The molecule has 0 aliphatic rings. The molecule has 0 aliphatic carbocycles. The Bertz CT molecular complexity index is 665. The van der Waals surface area contributed by atoms with Crippen LogP contribution >= 0.6 is 0 Å². The van der Waals surface area contributed by atoms with E-state index in [0.717, 1.165) is 5.56 Å². The lowest BCUT2D eigenvalue weighted by molar-refractivity contribution is -0.118. The molecule has 2 rings (SSSR count). The number of hydrogen-bond acceptors (Lipinski definition) is 4. The number of para-hydroxylation sites is 1. The van der Waals surface area contributed by atoms with Crippen LogP contribution in [0.1, 0.15) is 18.4 Å². The van der Waals surface area contributed by atoms with Gasteiger partial charge in [0, 0.05) is 37.3 Å². The van der Waals surface area contributed by atoms with Crippen molar-refractivity contribution in [2.24, 2.45) is 5.73 Å². The maximum absolute atomic E-state index is 11.9. The molecule has 0 unspecified atom stereocenters. The molecule has 22 heavy (non-hydrogen) atoms. The average molecular weight is 301 g/mol. The molecule has 0 radical (unpaired) electrons. The van der Waals surface area contributed by atoms with Gasteiger partial charge in [0.25, 0.3) is 0 Å². The van der Waals surface area contributed by atoms with Gasteiger partial charge in [-0.25, -0.2) is 0 Å². The minimum atomic E-state index is -0.387. The summed E-state index contributed by atoms with van der Waals surface area (Å²) in [4.78, 5) is 22.6. The fourth-order valence-corrected chi connectivity index (χ4v) is 1.99. The minimum absolute atomic E-state index is 0.136. The lowest BCUT2D eigenvalue weighted by Gasteiger charge is -2.05. The molecular formula is C15H19N5O2. The van der Waals surface area contributed by atoms with Crippen LogP contribution in [0.2, 0.25) is 0 Å². The van der Waals surface area contributed by atoms with Crippen molar-refractivity contribution in [2.75, 3.05) is 11.1 Å². The maximum atomic E-state index is 11.9. The smallest absolute Gasteiger partial charge is 0.225 e. The van der Waals surface area contributed by atoms with Crippen LogP contribution in [-0.4, -0.2) is 21.6 Å². The molecular weight excluding hydrogens is 282 g/mol. The van der Waals surface area contributed by atoms with Crippen molar-refractivity contribution < 1.29 is 9.59 Å². The van der Waals surface area contributed by atoms with Gasteiger partial charge in [0.1, 0.15) is 0 Å². The molecule has 2 amide bonds. The number of anilines is 2. The summed E-state index contributed by atoms with van der Waals surface area (Å²) in [5.74, 6) is -0.0690. The van der Waals surface area contributed by atoms with Crippen LogP contribution in [0.5, 0.6) is 0 Å². The first-order valence-corrected chi connectivity index (χ1v) is 6.99. The van der Waals surface area contributed by atoms with Crippen molar-refractivity contribution in [1.29, 1.82) is 0 Å². The number of nitrogens with one attached hydrogen (secondary N) is 1. The fraction of sp³-hybridized carbons (Fsp3) is 0.267. The van der Waals surface area contributed by atoms with Crippen molar-refractivity contribution in [1.82, 2.24) is 9.78 Å². The molecule has 0 atom stereocenters. The second-order valence-corrected chi connectivity index (χ2v) is 4.93. The Morgan fingerprint density at radius 1 is 1.18 bits per heavy atom. The van der Waals surface area contributed by atoms with Gasteiger partial charge in [-0.3, -0.25) is 14.3 Å². The summed E-state index contributed by atoms with van der Waals surface area (Å²) in [6.45, 7) is 0.395. The first-order valence-electron chi connectivity index (χ1n) is 6.99. The monoisotopic (exact) mass is 301 g/mol. The molecule has 1 aromatic heterocycles. The van der Waals surface area contributed by atoms with E-state index in [1.807, 2.05) is 24.3 Å². The third kappa shape index (κ3) is 4.62. The number of carbonyl (C=O) groups is 2. The first-order chi connectivity index (χ1) is 10.5. The largest absolute Gasteiger partial charge is 0.399 e. The van der Waals surface area contributed by atoms with Crippen LogP contribution in [0.3, 0.4) is 0 Å². The standard InChI is InChI=1S/C15H19N5O2/c16-12-4-2-1-3-11(12)5-6-15(22)18-14-8-10-20(19-14)9-7-13(17)21/h1-4,8,10H,5-7,9,16H2,(H2,17,21)(H,18,19,22). The Balaban J connectivity index is 1.82. The molecule has 2 aromatic rings. The summed E-state index contributed by atoms with van der Waals surface area (Å²) in [6, 6.07) is 9.15. The van der Waals surface area contributed by atoms with E-state index in [1.54, 1.807) is 16.9 Å². The summed E-state index contributed by atoms with van der Waals surface area (Å²) in [5.41, 5.74) is 12.5. The predicted octanol–water partition coefficient (Wildman–Crippen LogP) is 0.912. The van der Waals surface area contributed by atoms with Crippen molar-refractivity contribution in [3.8, 4) is 0 Å². The second-order valence-electron chi connectivity index (χ2n) is 4.93. The second kappa shape index (κ2) is 7.26. The number of nitrogen functional groups attached to an aromatic ring is 1. The zero-order valence-electron chi connectivity index (χ0n) is 12.2. The van der Waals surface area contributed by atoms with Gasteiger partial charge >= 0.3 is 0 Å². The number of nitrogens with zero attached hydrogens (tertiary/aromatic N) is 2. The topological polar surface area (TPSA) is 116 Å². The molecule has 1 aromatic carbocycles. The van der Waals surface area contributed by atoms with Crippen LogP contribution in [0.25, 0.3) is 0 Å². The van der Waals surface area contributed by atoms with E-state index < -0.39 is 0 Å². The van der Waals surface area contributed by atoms with Gasteiger partial charge < -0.3 is 16.8 Å². The van der Waals surface area contributed by atoms with Gasteiger partial charge in [0.2, 0.25) is 11.8 Å². The Morgan fingerprint density at radius 2 is 1.95 bits per heavy atom. The maximum Gasteiger partial charge on any atom is 0.225 e. The van der Waals surface area contributed by atoms with Crippen LogP contribution in [0.15, 0.2) is 36.5 Å². The summed E-state index contributed by atoms with van der Waals surface area (Å²) >= 11 is 0. The number of primary amides is 1. The number of aromatic nitrogens is 2. The summed E-state index contributed by atoms with van der Waals surface area (Å²) in [5, 5.41) is 6.86.